The van der Waals surface area contributed by atoms with Crippen LogP contribution in [0.2, 0.25) is 0 Å². The molecule has 2 aromatic rings. The number of ether oxygens (including phenoxy) is 2. The van der Waals surface area contributed by atoms with Crippen molar-refractivity contribution in [2.75, 3.05) is 19.1 Å². The second-order valence-electron chi connectivity index (χ2n) is 5.83. The van der Waals surface area contributed by atoms with Crippen LogP contribution in [0.1, 0.15) is 23.5 Å². The number of alkyl halides is 3. The summed E-state index contributed by atoms with van der Waals surface area (Å²) in [6.07, 6.45) is -2.55. The van der Waals surface area contributed by atoms with Crippen LogP contribution in [0, 0.1) is 5.92 Å². The fourth-order valence-corrected chi connectivity index (χ4v) is 2.93. The third kappa shape index (κ3) is 3.63. The van der Waals surface area contributed by atoms with Gasteiger partial charge in [-0.3, -0.25) is 0 Å². The zero-order valence-corrected chi connectivity index (χ0v) is 13.5. The minimum Gasteiger partial charge on any atom is -0.496 e. The summed E-state index contributed by atoms with van der Waals surface area (Å²) in [5.41, 5.74) is 2.02. The Kier molecular flexibility index (Phi) is 4.71. The fraction of sp³-hybridized carbons (Fsp3) is 0.353. The Morgan fingerprint density at radius 1 is 1.24 bits per heavy atom. The van der Waals surface area contributed by atoms with Gasteiger partial charge in [-0.15, -0.1) is 0 Å². The molecule has 3 N–H and O–H groups in total. The van der Waals surface area contributed by atoms with E-state index >= 15 is 0 Å². The van der Waals surface area contributed by atoms with E-state index in [0.29, 0.717) is 0 Å². The molecule has 1 heterocycles. The Morgan fingerprint density at radius 3 is 2.68 bits per heavy atom. The summed E-state index contributed by atoms with van der Waals surface area (Å²) < 4.78 is 50.5. The lowest BCUT2D eigenvalue weighted by Crippen LogP contribution is -2.18. The van der Waals surface area contributed by atoms with E-state index in [9.17, 15) is 13.2 Å². The third-order valence-electron chi connectivity index (χ3n) is 4.25. The van der Waals surface area contributed by atoms with E-state index in [-0.39, 0.29) is 24.2 Å². The fourth-order valence-electron chi connectivity index (χ4n) is 2.93. The van der Waals surface area contributed by atoms with Gasteiger partial charge >= 0.3 is 6.18 Å². The van der Waals surface area contributed by atoms with Crippen molar-refractivity contribution >= 4 is 5.82 Å². The van der Waals surface area contributed by atoms with E-state index in [4.69, 9.17) is 15.3 Å². The van der Waals surface area contributed by atoms with Crippen molar-refractivity contribution in [1.29, 1.82) is 0 Å². The highest BCUT2D eigenvalue weighted by Gasteiger charge is 2.42. The van der Waals surface area contributed by atoms with Crippen molar-refractivity contribution in [3.8, 4) is 11.5 Å². The van der Waals surface area contributed by atoms with E-state index < -0.39 is 17.6 Å². The van der Waals surface area contributed by atoms with Crippen molar-refractivity contribution in [2.45, 2.75) is 18.5 Å². The summed E-state index contributed by atoms with van der Waals surface area (Å²) >= 11 is 0. The van der Waals surface area contributed by atoms with Gasteiger partial charge in [0.05, 0.1) is 13.7 Å². The summed E-state index contributed by atoms with van der Waals surface area (Å²) in [6, 6.07) is 8.83. The standard InChI is InChI=1S/C17H18F3N3O2/c1-24-13-5-3-2-4-11(13)12-8-10(12)9-25-14-6-7-22-16(23-21)15(14)17(18,19)20/h2-7,10,12H,8-9,21H2,1H3,(H,22,23)/t10-,12+/m1/s1. The minimum absolute atomic E-state index is 0.139. The number of anilines is 1. The number of nitrogens with two attached hydrogens (primary N) is 1. The number of aromatic nitrogens is 1. The van der Waals surface area contributed by atoms with E-state index in [0.717, 1.165) is 17.7 Å². The van der Waals surface area contributed by atoms with Crippen molar-refractivity contribution in [2.24, 2.45) is 11.8 Å². The highest BCUT2D eigenvalue weighted by Crippen LogP contribution is 2.50. The van der Waals surface area contributed by atoms with Gasteiger partial charge in [0.1, 0.15) is 17.1 Å². The molecular weight excluding hydrogens is 335 g/mol. The van der Waals surface area contributed by atoms with Gasteiger partial charge in [-0.1, -0.05) is 18.2 Å². The molecular formula is C17H18F3N3O2. The maximum atomic E-state index is 13.2. The molecule has 2 atom stereocenters. The third-order valence-corrected chi connectivity index (χ3v) is 4.25. The number of pyridine rings is 1. The smallest absolute Gasteiger partial charge is 0.423 e. The summed E-state index contributed by atoms with van der Waals surface area (Å²) in [5, 5.41) is 0. The van der Waals surface area contributed by atoms with Crippen LogP contribution in [0.3, 0.4) is 0 Å². The molecule has 1 aliphatic carbocycles. The average molecular weight is 353 g/mol. The number of rotatable bonds is 6. The van der Waals surface area contributed by atoms with Gasteiger partial charge in [0, 0.05) is 12.1 Å². The molecule has 8 heteroatoms. The first-order chi connectivity index (χ1) is 12.0. The number of hydrogen-bond donors (Lipinski definition) is 2. The van der Waals surface area contributed by atoms with Crippen molar-refractivity contribution in [1.82, 2.24) is 4.98 Å². The summed E-state index contributed by atoms with van der Waals surface area (Å²) in [7, 11) is 1.60. The summed E-state index contributed by atoms with van der Waals surface area (Å²) in [6.45, 7) is 0.180. The SMILES string of the molecule is COc1ccccc1[C@H]1C[C@@H]1COc1ccnc(NN)c1C(F)(F)F. The number of nitrogens with zero attached hydrogens (tertiary/aromatic N) is 1. The summed E-state index contributed by atoms with van der Waals surface area (Å²) in [5.74, 6) is 5.54. The van der Waals surface area contributed by atoms with Gasteiger partial charge < -0.3 is 14.9 Å². The second-order valence-corrected chi connectivity index (χ2v) is 5.83. The topological polar surface area (TPSA) is 69.4 Å². The number of benzene rings is 1. The number of hydrazine groups is 1. The van der Waals surface area contributed by atoms with E-state index in [1.165, 1.54) is 12.3 Å². The Hall–Kier alpha value is -2.48. The Bertz CT molecular complexity index is 752. The molecule has 3 rings (SSSR count). The predicted molar refractivity (Wildman–Crippen MR) is 86.4 cm³/mol. The molecule has 0 spiro atoms. The first-order valence-corrected chi connectivity index (χ1v) is 7.74. The van der Waals surface area contributed by atoms with Crippen LogP contribution in [-0.4, -0.2) is 18.7 Å². The molecule has 0 amide bonds. The Morgan fingerprint density at radius 2 is 2.00 bits per heavy atom. The maximum absolute atomic E-state index is 13.2. The maximum Gasteiger partial charge on any atom is 0.423 e. The van der Waals surface area contributed by atoms with Crippen LogP contribution in [0.15, 0.2) is 36.5 Å². The molecule has 1 saturated carbocycles. The lowest BCUT2D eigenvalue weighted by Gasteiger charge is -2.16. The highest BCUT2D eigenvalue weighted by atomic mass is 19.4. The monoisotopic (exact) mass is 353 g/mol. The van der Waals surface area contributed by atoms with Crippen LogP contribution in [0.25, 0.3) is 0 Å². The Balaban J connectivity index is 1.72. The van der Waals surface area contributed by atoms with Crippen LogP contribution >= 0.6 is 0 Å². The van der Waals surface area contributed by atoms with Crippen LogP contribution < -0.4 is 20.7 Å². The van der Waals surface area contributed by atoms with Gasteiger partial charge in [-0.05, 0) is 30.0 Å². The first kappa shape index (κ1) is 17.3. The van der Waals surface area contributed by atoms with Gasteiger partial charge in [-0.25, -0.2) is 10.8 Å². The highest BCUT2D eigenvalue weighted by molar-refractivity contribution is 5.52. The number of halogens is 3. The first-order valence-electron chi connectivity index (χ1n) is 7.74. The van der Waals surface area contributed by atoms with Crippen molar-refractivity contribution in [3.63, 3.8) is 0 Å². The molecule has 1 fully saturated rings. The molecule has 1 aromatic heterocycles. The molecule has 0 saturated heterocycles. The summed E-state index contributed by atoms with van der Waals surface area (Å²) in [4.78, 5) is 3.60. The minimum atomic E-state index is -4.61. The lowest BCUT2D eigenvalue weighted by atomic mass is 10.1. The number of methoxy groups -OCH3 is 1. The lowest BCUT2D eigenvalue weighted by molar-refractivity contribution is -0.138. The Labute approximate surface area is 142 Å². The molecule has 25 heavy (non-hydrogen) atoms. The molecule has 5 nitrogen and oxygen atoms in total. The molecule has 0 aliphatic heterocycles. The van der Waals surface area contributed by atoms with E-state index in [1.807, 2.05) is 29.7 Å². The molecule has 0 radical (unpaired) electrons. The van der Waals surface area contributed by atoms with Gasteiger partial charge in [0.2, 0.25) is 0 Å². The molecule has 1 aromatic carbocycles. The van der Waals surface area contributed by atoms with E-state index in [2.05, 4.69) is 4.98 Å². The number of nitrogen functional groups attached to an aromatic ring is 1. The molecule has 0 unspecified atom stereocenters. The number of nitrogens with one attached hydrogen (secondary N) is 1. The van der Waals surface area contributed by atoms with E-state index in [1.54, 1.807) is 7.11 Å². The molecule has 134 valence electrons. The van der Waals surface area contributed by atoms with Gasteiger partial charge in [0.25, 0.3) is 0 Å². The van der Waals surface area contributed by atoms with Gasteiger partial charge in [-0.2, -0.15) is 13.2 Å². The van der Waals surface area contributed by atoms with Crippen LogP contribution in [-0.2, 0) is 6.18 Å². The van der Waals surface area contributed by atoms with Gasteiger partial charge in [0.15, 0.2) is 5.82 Å². The van der Waals surface area contributed by atoms with Crippen molar-refractivity contribution < 1.29 is 22.6 Å². The quantitative estimate of drug-likeness (QED) is 0.614. The second kappa shape index (κ2) is 6.79. The van der Waals surface area contributed by atoms with Crippen LogP contribution in [0.5, 0.6) is 11.5 Å². The predicted octanol–water partition coefficient (Wildman–Crippen LogP) is 3.58. The van der Waals surface area contributed by atoms with Crippen LogP contribution in [0.4, 0.5) is 19.0 Å². The normalized spacial score (nSPS) is 19.4. The zero-order chi connectivity index (χ0) is 18.0. The zero-order valence-electron chi connectivity index (χ0n) is 13.5. The molecule has 1 aliphatic rings. The molecule has 0 bridgehead atoms. The number of para-hydroxylation sites is 1. The largest absolute Gasteiger partial charge is 0.496 e. The van der Waals surface area contributed by atoms with Crippen molar-refractivity contribution in [3.05, 3.63) is 47.7 Å². The number of hydrogen-bond acceptors (Lipinski definition) is 5. The average Bonchev–Trinajstić information content (AvgIpc) is 3.38.